The van der Waals surface area contributed by atoms with Crippen LogP contribution in [0.3, 0.4) is 0 Å². The quantitative estimate of drug-likeness (QED) is 0.678. The summed E-state index contributed by atoms with van der Waals surface area (Å²) in [5.41, 5.74) is 0.381. The molecule has 0 aromatic carbocycles. The Morgan fingerprint density at radius 2 is 1.92 bits per heavy atom. The fourth-order valence-corrected chi connectivity index (χ4v) is 1.94. The van der Waals surface area contributed by atoms with Crippen molar-refractivity contribution in [3.05, 3.63) is 12.2 Å². The molecule has 74 valence electrons. The van der Waals surface area contributed by atoms with E-state index in [4.69, 9.17) is 0 Å². The highest BCUT2D eigenvalue weighted by Crippen LogP contribution is 2.28. The van der Waals surface area contributed by atoms with Gasteiger partial charge < -0.3 is 5.11 Å². The zero-order chi connectivity index (χ0) is 9.84. The number of ketones is 1. The molecule has 0 unspecified atom stereocenters. The molecule has 0 bridgehead atoms. The second-order valence-electron chi connectivity index (χ2n) is 3.92. The van der Waals surface area contributed by atoms with Gasteiger partial charge in [0.05, 0.1) is 6.10 Å². The maximum Gasteiger partial charge on any atom is 0.157 e. The number of carbonyl (C=O) groups excluding carboxylic acids is 1. The van der Waals surface area contributed by atoms with Gasteiger partial charge in [0.2, 0.25) is 0 Å². The molecule has 1 saturated carbocycles. The zero-order valence-corrected chi connectivity index (χ0v) is 8.25. The zero-order valence-electron chi connectivity index (χ0n) is 8.25. The third kappa shape index (κ3) is 2.66. The normalized spacial score (nSPS) is 21.1. The summed E-state index contributed by atoms with van der Waals surface area (Å²) in [6, 6.07) is 0. The van der Waals surface area contributed by atoms with Crippen molar-refractivity contribution >= 4 is 5.78 Å². The van der Waals surface area contributed by atoms with E-state index in [1.807, 2.05) is 0 Å². The van der Waals surface area contributed by atoms with Gasteiger partial charge in [-0.3, -0.25) is 4.79 Å². The van der Waals surface area contributed by atoms with Crippen molar-refractivity contribution in [1.29, 1.82) is 0 Å². The van der Waals surface area contributed by atoms with E-state index >= 15 is 0 Å². The Balaban J connectivity index is 2.49. The summed E-state index contributed by atoms with van der Waals surface area (Å²) in [4.78, 5) is 11.0. The smallest absolute Gasteiger partial charge is 0.157 e. The largest absolute Gasteiger partial charge is 0.388 e. The minimum Gasteiger partial charge on any atom is -0.388 e. The van der Waals surface area contributed by atoms with Crippen LogP contribution in [0.2, 0.25) is 0 Å². The standard InChI is InChI=1S/C11H18O2/c1-8(9(2)12)11(13)10-6-4-3-5-7-10/h10-11,13H,1,3-7H2,2H3/t11-/m1/s1. The first-order chi connectivity index (χ1) is 6.13. The lowest BCUT2D eigenvalue weighted by molar-refractivity contribution is -0.114. The number of aliphatic hydroxyl groups is 1. The molecular formula is C11H18O2. The van der Waals surface area contributed by atoms with E-state index in [9.17, 15) is 9.90 Å². The van der Waals surface area contributed by atoms with Gasteiger partial charge >= 0.3 is 0 Å². The van der Waals surface area contributed by atoms with Crippen molar-refractivity contribution in [3.63, 3.8) is 0 Å². The summed E-state index contributed by atoms with van der Waals surface area (Å²) < 4.78 is 0. The van der Waals surface area contributed by atoms with Crippen molar-refractivity contribution in [2.75, 3.05) is 0 Å². The molecule has 1 rings (SSSR count). The second kappa shape index (κ2) is 4.56. The molecule has 0 heterocycles. The van der Waals surface area contributed by atoms with E-state index < -0.39 is 6.10 Å². The Labute approximate surface area is 79.6 Å². The Morgan fingerprint density at radius 1 is 1.38 bits per heavy atom. The van der Waals surface area contributed by atoms with Crippen molar-refractivity contribution in [3.8, 4) is 0 Å². The number of rotatable bonds is 3. The van der Waals surface area contributed by atoms with Crippen LogP contribution in [0.4, 0.5) is 0 Å². The highest BCUT2D eigenvalue weighted by Gasteiger charge is 2.25. The lowest BCUT2D eigenvalue weighted by Gasteiger charge is -2.26. The van der Waals surface area contributed by atoms with Crippen LogP contribution in [0, 0.1) is 5.92 Å². The lowest BCUT2D eigenvalue weighted by Crippen LogP contribution is -2.27. The molecule has 1 aliphatic rings. The molecule has 1 atom stereocenters. The number of Topliss-reactive ketones (excluding diaryl/α,β-unsaturated/α-hetero) is 1. The Morgan fingerprint density at radius 3 is 2.38 bits per heavy atom. The van der Waals surface area contributed by atoms with Crippen LogP contribution in [0.5, 0.6) is 0 Å². The van der Waals surface area contributed by atoms with Crippen molar-refractivity contribution in [2.45, 2.75) is 45.1 Å². The SMILES string of the molecule is C=C(C(C)=O)[C@@H](O)C1CCCCC1. The molecule has 1 fully saturated rings. The summed E-state index contributed by atoms with van der Waals surface area (Å²) in [7, 11) is 0. The molecule has 2 nitrogen and oxygen atoms in total. The predicted octanol–water partition coefficient (Wildman–Crippen LogP) is 2.07. The van der Waals surface area contributed by atoms with Gasteiger partial charge in [0.1, 0.15) is 0 Å². The average Bonchev–Trinajstić information content (AvgIpc) is 2.17. The van der Waals surface area contributed by atoms with Gasteiger partial charge in [0.25, 0.3) is 0 Å². The Hall–Kier alpha value is -0.630. The van der Waals surface area contributed by atoms with Crippen molar-refractivity contribution in [1.82, 2.24) is 0 Å². The van der Waals surface area contributed by atoms with Crippen LogP contribution in [0.15, 0.2) is 12.2 Å². The highest BCUT2D eigenvalue weighted by molar-refractivity contribution is 5.93. The summed E-state index contributed by atoms with van der Waals surface area (Å²) in [5, 5.41) is 9.79. The lowest BCUT2D eigenvalue weighted by atomic mass is 9.82. The van der Waals surface area contributed by atoms with E-state index in [1.165, 1.54) is 26.2 Å². The number of hydrogen-bond donors (Lipinski definition) is 1. The van der Waals surface area contributed by atoms with Gasteiger partial charge in [-0.1, -0.05) is 25.8 Å². The molecule has 1 N–H and O–H groups in total. The van der Waals surface area contributed by atoms with E-state index in [2.05, 4.69) is 6.58 Å². The van der Waals surface area contributed by atoms with Crippen LogP contribution in [0.25, 0.3) is 0 Å². The molecule has 2 heteroatoms. The van der Waals surface area contributed by atoms with Gasteiger partial charge in [0.15, 0.2) is 5.78 Å². The van der Waals surface area contributed by atoms with Gasteiger partial charge in [-0.15, -0.1) is 0 Å². The topological polar surface area (TPSA) is 37.3 Å². The van der Waals surface area contributed by atoms with Crippen molar-refractivity contribution < 1.29 is 9.90 Å². The number of hydrogen-bond acceptors (Lipinski definition) is 2. The van der Waals surface area contributed by atoms with Gasteiger partial charge in [-0.05, 0) is 25.7 Å². The molecule has 0 saturated heterocycles. The first kappa shape index (κ1) is 10.5. The summed E-state index contributed by atoms with van der Waals surface area (Å²) >= 11 is 0. The maximum absolute atomic E-state index is 11.0. The maximum atomic E-state index is 11.0. The van der Waals surface area contributed by atoms with Crippen LogP contribution < -0.4 is 0 Å². The molecule has 0 aromatic heterocycles. The third-order valence-electron chi connectivity index (χ3n) is 2.91. The average molecular weight is 182 g/mol. The van der Waals surface area contributed by atoms with E-state index in [0.717, 1.165) is 12.8 Å². The highest BCUT2D eigenvalue weighted by atomic mass is 16.3. The molecule has 0 radical (unpaired) electrons. The minimum atomic E-state index is -0.599. The van der Waals surface area contributed by atoms with Crippen LogP contribution in [-0.4, -0.2) is 17.0 Å². The number of carbonyl (C=O) groups is 1. The Kier molecular flexibility index (Phi) is 3.67. The summed E-state index contributed by atoms with van der Waals surface area (Å²) in [6.45, 7) is 5.10. The molecule has 0 amide bonds. The molecule has 0 spiro atoms. The minimum absolute atomic E-state index is 0.0851. The van der Waals surface area contributed by atoms with Crippen LogP contribution in [-0.2, 0) is 4.79 Å². The monoisotopic (exact) mass is 182 g/mol. The van der Waals surface area contributed by atoms with E-state index in [0.29, 0.717) is 5.57 Å². The van der Waals surface area contributed by atoms with Crippen LogP contribution >= 0.6 is 0 Å². The van der Waals surface area contributed by atoms with E-state index in [-0.39, 0.29) is 11.7 Å². The van der Waals surface area contributed by atoms with Gasteiger partial charge in [-0.2, -0.15) is 0 Å². The fourth-order valence-electron chi connectivity index (χ4n) is 1.94. The van der Waals surface area contributed by atoms with Gasteiger partial charge in [-0.25, -0.2) is 0 Å². The summed E-state index contributed by atoms with van der Waals surface area (Å²) in [6.07, 6.45) is 5.08. The predicted molar refractivity (Wildman–Crippen MR) is 52.4 cm³/mol. The molecule has 0 aliphatic heterocycles. The Bertz CT molecular complexity index is 202. The summed E-state index contributed by atoms with van der Waals surface area (Å²) in [5.74, 6) is 0.184. The molecule has 1 aliphatic carbocycles. The molecule has 0 aromatic rings. The van der Waals surface area contributed by atoms with E-state index in [1.54, 1.807) is 0 Å². The first-order valence-electron chi connectivity index (χ1n) is 5.00. The van der Waals surface area contributed by atoms with Gasteiger partial charge in [0, 0.05) is 5.57 Å². The molecule has 13 heavy (non-hydrogen) atoms. The fraction of sp³-hybridized carbons (Fsp3) is 0.727. The first-order valence-corrected chi connectivity index (χ1v) is 5.00. The third-order valence-corrected chi connectivity index (χ3v) is 2.91. The molecular weight excluding hydrogens is 164 g/mol. The number of aliphatic hydroxyl groups excluding tert-OH is 1. The second-order valence-corrected chi connectivity index (χ2v) is 3.92. The van der Waals surface area contributed by atoms with Crippen molar-refractivity contribution in [2.24, 2.45) is 5.92 Å². The van der Waals surface area contributed by atoms with Crippen LogP contribution in [0.1, 0.15) is 39.0 Å².